The number of nitrogens with zero attached hydrogens (tertiary/aromatic N) is 2. The predicted molar refractivity (Wildman–Crippen MR) is 80.5 cm³/mol. The average molecular weight is 295 g/mol. The maximum absolute atomic E-state index is 12.2. The van der Waals surface area contributed by atoms with E-state index >= 15 is 0 Å². The van der Waals surface area contributed by atoms with Crippen LogP contribution in [0.15, 0.2) is 18.2 Å². The summed E-state index contributed by atoms with van der Waals surface area (Å²) in [6.45, 7) is 5.70. The summed E-state index contributed by atoms with van der Waals surface area (Å²) < 4.78 is 0. The first kappa shape index (κ1) is 16.9. The van der Waals surface area contributed by atoms with Gasteiger partial charge in [-0.1, -0.05) is 0 Å². The second kappa shape index (κ2) is 6.53. The van der Waals surface area contributed by atoms with Gasteiger partial charge in [0.05, 0.1) is 10.5 Å². The molecule has 0 radical (unpaired) electrons. The van der Waals surface area contributed by atoms with Gasteiger partial charge in [-0.3, -0.25) is 14.9 Å². The third-order valence-electron chi connectivity index (χ3n) is 2.78. The second-order valence-electron chi connectivity index (χ2n) is 5.49. The smallest absolute Gasteiger partial charge is 0.293 e. The lowest BCUT2D eigenvalue weighted by molar-refractivity contribution is -0.384. The zero-order chi connectivity index (χ0) is 16.2. The third kappa shape index (κ3) is 4.71. The van der Waals surface area contributed by atoms with Gasteiger partial charge >= 0.3 is 0 Å². The first-order chi connectivity index (χ1) is 9.65. The topological polar surface area (TPSA) is 95.7 Å². The number of likely N-dealkylation sites (N-methyl/N-ethyl adjacent to an activating group) is 1. The molecule has 0 atom stereocenters. The van der Waals surface area contributed by atoms with Gasteiger partial charge in [0, 0.05) is 31.8 Å². The van der Waals surface area contributed by atoms with E-state index in [0.29, 0.717) is 12.2 Å². The molecule has 0 heterocycles. The zero-order valence-corrected chi connectivity index (χ0v) is 12.7. The number of nitro groups is 1. The van der Waals surface area contributed by atoms with Crippen LogP contribution in [0.25, 0.3) is 0 Å². The predicted octanol–water partition coefficient (Wildman–Crippen LogP) is 1.87. The maximum Gasteiger partial charge on any atom is 0.293 e. The van der Waals surface area contributed by atoms with E-state index in [0.717, 1.165) is 0 Å². The highest BCUT2D eigenvalue weighted by atomic mass is 16.6. The van der Waals surface area contributed by atoms with Crippen molar-refractivity contribution in [2.24, 2.45) is 0 Å². The summed E-state index contributed by atoms with van der Waals surface area (Å²) in [5.41, 5.74) is -0.571. The van der Waals surface area contributed by atoms with Crippen LogP contribution in [0.3, 0.4) is 0 Å². The molecule has 1 amide bonds. The van der Waals surface area contributed by atoms with Gasteiger partial charge in [0.2, 0.25) is 0 Å². The standard InChI is InChI=1S/C14H21N3O4/c1-5-15-11-7-6-10(8-12(11)17(20)21)13(18)16(4)9-14(2,3)19/h6-8,15,19H,5,9H2,1-4H3. The molecule has 21 heavy (non-hydrogen) atoms. The Morgan fingerprint density at radius 2 is 2.10 bits per heavy atom. The fourth-order valence-electron chi connectivity index (χ4n) is 2.03. The van der Waals surface area contributed by atoms with Gasteiger partial charge in [-0.25, -0.2) is 0 Å². The molecule has 116 valence electrons. The highest BCUT2D eigenvalue weighted by molar-refractivity contribution is 5.95. The molecule has 0 unspecified atom stereocenters. The number of carbonyl (C=O) groups excluding carboxylic acids is 1. The third-order valence-corrected chi connectivity index (χ3v) is 2.78. The lowest BCUT2D eigenvalue weighted by atomic mass is 10.1. The number of anilines is 1. The van der Waals surface area contributed by atoms with E-state index in [9.17, 15) is 20.0 Å². The molecular formula is C14H21N3O4. The molecule has 0 spiro atoms. The minimum Gasteiger partial charge on any atom is -0.389 e. The summed E-state index contributed by atoms with van der Waals surface area (Å²) >= 11 is 0. The molecule has 1 aromatic rings. The second-order valence-corrected chi connectivity index (χ2v) is 5.49. The van der Waals surface area contributed by atoms with Crippen LogP contribution in [-0.2, 0) is 0 Å². The summed E-state index contributed by atoms with van der Waals surface area (Å²) in [5.74, 6) is -0.372. The van der Waals surface area contributed by atoms with Crippen molar-refractivity contribution in [3.63, 3.8) is 0 Å². The number of amides is 1. The molecule has 0 saturated heterocycles. The SMILES string of the molecule is CCNc1ccc(C(=O)N(C)CC(C)(C)O)cc1[N+](=O)[O-]. The zero-order valence-electron chi connectivity index (χ0n) is 12.7. The van der Waals surface area contributed by atoms with Crippen molar-refractivity contribution >= 4 is 17.3 Å². The lowest BCUT2D eigenvalue weighted by Gasteiger charge is -2.25. The van der Waals surface area contributed by atoms with Crippen LogP contribution in [0.5, 0.6) is 0 Å². The van der Waals surface area contributed by atoms with E-state index in [4.69, 9.17) is 0 Å². The fourth-order valence-corrected chi connectivity index (χ4v) is 2.03. The maximum atomic E-state index is 12.2. The number of rotatable bonds is 6. The molecule has 0 aliphatic carbocycles. The van der Waals surface area contributed by atoms with E-state index in [2.05, 4.69) is 5.32 Å². The van der Waals surface area contributed by atoms with Gasteiger partial charge in [-0.2, -0.15) is 0 Å². The van der Waals surface area contributed by atoms with E-state index in [-0.39, 0.29) is 23.7 Å². The Labute approximate surface area is 123 Å². The summed E-state index contributed by atoms with van der Waals surface area (Å²) in [6, 6.07) is 4.31. The first-order valence-corrected chi connectivity index (χ1v) is 6.66. The van der Waals surface area contributed by atoms with Crippen molar-refractivity contribution in [1.82, 2.24) is 4.90 Å². The Morgan fingerprint density at radius 3 is 2.57 bits per heavy atom. The average Bonchev–Trinajstić information content (AvgIpc) is 2.36. The Hall–Kier alpha value is -2.15. The van der Waals surface area contributed by atoms with Crippen LogP contribution in [0.2, 0.25) is 0 Å². The molecular weight excluding hydrogens is 274 g/mol. The van der Waals surface area contributed by atoms with E-state index in [1.807, 2.05) is 6.92 Å². The molecule has 1 aromatic carbocycles. The Morgan fingerprint density at radius 1 is 1.48 bits per heavy atom. The minimum atomic E-state index is -1.03. The highest BCUT2D eigenvalue weighted by Gasteiger charge is 2.23. The van der Waals surface area contributed by atoms with Crippen LogP contribution in [0.4, 0.5) is 11.4 Å². The fraction of sp³-hybridized carbons (Fsp3) is 0.500. The molecule has 0 aliphatic heterocycles. The first-order valence-electron chi connectivity index (χ1n) is 6.66. The number of carbonyl (C=O) groups is 1. The van der Waals surface area contributed by atoms with E-state index in [1.165, 1.54) is 23.1 Å². The number of nitro benzene ring substituents is 1. The molecule has 1 rings (SSSR count). The van der Waals surface area contributed by atoms with Crippen molar-refractivity contribution < 1.29 is 14.8 Å². The quantitative estimate of drug-likeness (QED) is 0.617. The summed E-state index contributed by atoms with van der Waals surface area (Å²) in [6.07, 6.45) is 0. The number of hydrogen-bond acceptors (Lipinski definition) is 5. The van der Waals surface area contributed by atoms with Crippen LogP contribution < -0.4 is 5.32 Å². The molecule has 0 aliphatic rings. The van der Waals surface area contributed by atoms with Gasteiger partial charge in [-0.05, 0) is 32.9 Å². The van der Waals surface area contributed by atoms with Crippen molar-refractivity contribution in [1.29, 1.82) is 0 Å². The molecule has 7 nitrogen and oxygen atoms in total. The number of hydrogen-bond donors (Lipinski definition) is 2. The van der Waals surface area contributed by atoms with Crippen molar-refractivity contribution in [3.05, 3.63) is 33.9 Å². The van der Waals surface area contributed by atoms with Gasteiger partial charge in [0.25, 0.3) is 11.6 Å². The van der Waals surface area contributed by atoms with Gasteiger partial charge in [0.15, 0.2) is 0 Å². The molecule has 0 fully saturated rings. The van der Waals surface area contributed by atoms with Crippen LogP contribution >= 0.6 is 0 Å². The monoisotopic (exact) mass is 295 g/mol. The Balaban J connectivity index is 3.06. The van der Waals surface area contributed by atoms with Crippen molar-refractivity contribution in [2.75, 3.05) is 25.5 Å². The Kier molecular flexibility index (Phi) is 5.26. The highest BCUT2D eigenvalue weighted by Crippen LogP contribution is 2.26. The van der Waals surface area contributed by atoms with E-state index in [1.54, 1.807) is 20.9 Å². The summed E-state index contributed by atoms with van der Waals surface area (Å²) in [4.78, 5) is 24.1. The molecule has 7 heteroatoms. The van der Waals surface area contributed by atoms with Crippen LogP contribution in [0, 0.1) is 10.1 Å². The van der Waals surface area contributed by atoms with Crippen LogP contribution in [0.1, 0.15) is 31.1 Å². The summed E-state index contributed by atoms with van der Waals surface area (Å²) in [5, 5.41) is 23.7. The molecule has 2 N–H and O–H groups in total. The lowest BCUT2D eigenvalue weighted by Crippen LogP contribution is -2.39. The molecule has 0 bridgehead atoms. The van der Waals surface area contributed by atoms with Crippen molar-refractivity contribution in [3.8, 4) is 0 Å². The summed E-state index contributed by atoms with van der Waals surface area (Å²) in [7, 11) is 1.55. The van der Waals surface area contributed by atoms with E-state index < -0.39 is 10.5 Å². The van der Waals surface area contributed by atoms with Crippen molar-refractivity contribution in [2.45, 2.75) is 26.4 Å². The van der Waals surface area contributed by atoms with Gasteiger partial charge in [-0.15, -0.1) is 0 Å². The molecule has 0 saturated carbocycles. The number of nitrogens with one attached hydrogen (secondary N) is 1. The number of aliphatic hydroxyl groups is 1. The minimum absolute atomic E-state index is 0.134. The normalized spacial score (nSPS) is 11.1. The van der Waals surface area contributed by atoms with Crippen LogP contribution in [-0.4, -0.2) is 46.6 Å². The largest absolute Gasteiger partial charge is 0.389 e. The molecule has 0 aromatic heterocycles. The van der Waals surface area contributed by atoms with Gasteiger partial charge < -0.3 is 15.3 Å². The van der Waals surface area contributed by atoms with Gasteiger partial charge in [0.1, 0.15) is 5.69 Å². The number of benzene rings is 1. The Bertz CT molecular complexity index is 538.